The lowest BCUT2D eigenvalue weighted by Gasteiger charge is -2.09. The predicted octanol–water partition coefficient (Wildman–Crippen LogP) is 4.89. The first kappa shape index (κ1) is 19.0. The fourth-order valence-corrected chi connectivity index (χ4v) is 4.36. The molecule has 2 N–H and O–H groups in total. The van der Waals surface area contributed by atoms with Crippen molar-refractivity contribution >= 4 is 37.9 Å². The second-order valence-corrected chi connectivity index (χ2v) is 8.58. The van der Waals surface area contributed by atoms with Crippen molar-refractivity contribution in [3.8, 4) is 11.3 Å². The second kappa shape index (κ2) is 7.98. The van der Waals surface area contributed by atoms with Crippen molar-refractivity contribution in [3.63, 3.8) is 0 Å². The van der Waals surface area contributed by atoms with Crippen LogP contribution in [0.1, 0.15) is 0 Å². The van der Waals surface area contributed by atoms with Crippen LogP contribution in [0.4, 0.5) is 20.9 Å². The average Bonchev–Trinajstić information content (AvgIpc) is 3.19. The molecule has 146 valence electrons. The summed E-state index contributed by atoms with van der Waals surface area (Å²) in [5.74, 6) is -0.433. The van der Waals surface area contributed by atoms with Gasteiger partial charge in [0.1, 0.15) is 5.82 Å². The molecule has 4 rings (SSSR count). The van der Waals surface area contributed by atoms with E-state index in [9.17, 15) is 12.8 Å². The zero-order valence-electron chi connectivity index (χ0n) is 14.9. The Morgan fingerprint density at radius 1 is 0.862 bits per heavy atom. The van der Waals surface area contributed by atoms with E-state index in [1.165, 1.54) is 47.7 Å². The number of aromatic nitrogens is 2. The Labute approximate surface area is 171 Å². The molecule has 0 atom stereocenters. The summed E-state index contributed by atoms with van der Waals surface area (Å²) in [7, 11) is -3.77. The number of rotatable bonds is 6. The van der Waals surface area contributed by atoms with Gasteiger partial charge >= 0.3 is 0 Å². The number of pyridine rings is 1. The fraction of sp³-hybridized carbons (Fsp3) is 0. The highest BCUT2D eigenvalue weighted by atomic mass is 32.2. The van der Waals surface area contributed by atoms with Gasteiger partial charge in [-0.3, -0.25) is 9.71 Å². The van der Waals surface area contributed by atoms with Crippen LogP contribution in [-0.2, 0) is 10.0 Å². The van der Waals surface area contributed by atoms with Gasteiger partial charge in [-0.15, -0.1) is 11.3 Å². The Morgan fingerprint density at radius 3 is 2.21 bits per heavy atom. The Balaban J connectivity index is 1.46. The molecule has 2 aromatic heterocycles. The molecule has 0 bridgehead atoms. The van der Waals surface area contributed by atoms with Crippen molar-refractivity contribution in [2.24, 2.45) is 0 Å². The zero-order valence-corrected chi connectivity index (χ0v) is 16.5. The molecule has 0 fully saturated rings. The number of halogens is 1. The Kier molecular flexibility index (Phi) is 5.24. The smallest absolute Gasteiger partial charge is 0.261 e. The predicted molar refractivity (Wildman–Crippen MR) is 112 cm³/mol. The van der Waals surface area contributed by atoms with Crippen LogP contribution in [0.5, 0.6) is 0 Å². The van der Waals surface area contributed by atoms with Crippen LogP contribution in [0.25, 0.3) is 11.3 Å². The van der Waals surface area contributed by atoms with Gasteiger partial charge in [0.05, 0.1) is 10.6 Å². The van der Waals surface area contributed by atoms with Crippen molar-refractivity contribution in [3.05, 3.63) is 84.3 Å². The molecule has 0 aliphatic rings. The highest BCUT2D eigenvalue weighted by Crippen LogP contribution is 2.27. The van der Waals surface area contributed by atoms with Gasteiger partial charge in [-0.1, -0.05) is 0 Å². The molecule has 0 aliphatic carbocycles. The number of benzene rings is 2. The molecular weight excluding hydrogens is 411 g/mol. The lowest BCUT2D eigenvalue weighted by atomic mass is 10.2. The van der Waals surface area contributed by atoms with Crippen molar-refractivity contribution in [2.75, 3.05) is 10.0 Å². The molecule has 0 saturated heterocycles. The van der Waals surface area contributed by atoms with Gasteiger partial charge in [-0.05, 0) is 60.7 Å². The number of anilines is 3. The van der Waals surface area contributed by atoms with Crippen LogP contribution in [0.2, 0.25) is 0 Å². The Hall–Kier alpha value is -3.30. The van der Waals surface area contributed by atoms with Gasteiger partial charge in [0.25, 0.3) is 10.0 Å². The highest BCUT2D eigenvalue weighted by Gasteiger charge is 2.14. The zero-order chi connectivity index (χ0) is 20.3. The maximum atomic E-state index is 13.0. The summed E-state index contributed by atoms with van der Waals surface area (Å²) < 4.78 is 40.3. The molecule has 0 unspecified atom stereocenters. The number of hydrogen-bond donors (Lipinski definition) is 2. The molecule has 0 aliphatic heterocycles. The topological polar surface area (TPSA) is 84.0 Å². The largest absolute Gasteiger partial charge is 0.332 e. The molecule has 6 nitrogen and oxygen atoms in total. The highest BCUT2D eigenvalue weighted by molar-refractivity contribution is 7.92. The van der Waals surface area contributed by atoms with Crippen LogP contribution in [-0.4, -0.2) is 18.4 Å². The molecule has 0 spiro atoms. The monoisotopic (exact) mass is 426 g/mol. The van der Waals surface area contributed by atoms with E-state index < -0.39 is 15.8 Å². The first-order valence-electron chi connectivity index (χ1n) is 8.51. The van der Waals surface area contributed by atoms with Crippen molar-refractivity contribution in [1.29, 1.82) is 0 Å². The lowest BCUT2D eigenvalue weighted by molar-refractivity contribution is 0.601. The van der Waals surface area contributed by atoms with Crippen LogP contribution in [0.3, 0.4) is 0 Å². The molecule has 2 heterocycles. The van der Waals surface area contributed by atoms with Crippen LogP contribution >= 0.6 is 11.3 Å². The first-order chi connectivity index (χ1) is 14.0. The SMILES string of the molecule is O=S(=O)(Nc1ccc(F)cc1)c1ccc(Nc2nc(-c3ccncc3)cs2)cc1. The van der Waals surface area contributed by atoms with Gasteiger partial charge in [-0.25, -0.2) is 17.8 Å². The van der Waals surface area contributed by atoms with E-state index in [2.05, 4.69) is 20.0 Å². The van der Waals surface area contributed by atoms with E-state index in [-0.39, 0.29) is 4.90 Å². The van der Waals surface area contributed by atoms with Crippen molar-refractivity contribution in [1.82, 2.24) is 9.97 Å². The summed E-state index contributed by atoms with van der Waals surface area (Å²) in [4.78, 5) is 8.62. The van der Waals surface area contributed by atoms with E-state index >= 15 is 0 Å². The molecule has 0 radical (unpaired) electrons. The van der Waals surface area contributed by atoms with Crippen LogP contribution < -0.4 is 10.0 Å². The molecule has 0 saturated carbocycles. The minimum Gasteiger partial charge on any atom is -0.332 e. The second-order valence-electron chi connectivity index (χ2n) is 6.04. The number of hydrogen-bond acceptors (Lipinski definition) is 6. The third-order valence-electron chi connectivity index (χ3n) is 3.99. The first-order valence-corrected chi connectivity index (χ1v) is 10.9. The lowest BCUT2D eigenvalue weighted by Crippen LogP contribution is -2.12. The number of nitrogens with zero attached hydrogens (tertiary/aromatic N) is 2. The molecule has 0 amide bonds. The quantitative estimate of drug-likeness (QED) is 0.459. The van der Waals surface area contributed by atoms with Gasteiger partial charge in [0.15, 0.2) is 5.13 Å². The van der Waals surface area contributed by atoms with E-state index in [1.807, 2.05) is 17.5 Å². The Morgan fingerprint density at radius 2 is 1.52 bits per heavy atom. The van der Waals surface area contributed by atoms with Gasteiger partial charge in [0.2, 0.25) is 0 Å². The molecule has 4 aromatic rings. The van der Waals surface area contributed by atoms with Crippen LogP contribution in [0.15, 0.2) is 83.3 Å². The Bertz CT molecular complexity index is 1210. The van der Waals surface area contributed by atoms with Gasteiger partial charge < -0.3 is 5.32 Å². The number of thiazole rings is 1. The maximum absolute atomic E-state index is 13.0. The minimum absolute atomic E-state index is 0.101. The van der Waals surface area contributed by atoms with Crippen LogP contribution in [0, 0.1) is 5.82 Å². The van der Waals surface area contributed by atoms with Gasteiger partial charge in [0, 0.05) is 34.7 Å². The number of nitrogens with one attached hydrogen (secondary N) is 2. The molecule has 2 aromatic carbocycles. The third kappa shape index (κ3) is 4.58. The van der Waals surface area contributed by atoms with E-state index in [4.69, 9.17) is 0 Å². The average molecular weight is 426 g/mol. The summed E-state index contributed by atoms with van der Waals surface area (Å²) in [6.45, 7) is 0. The summed E-state index contributed by atoms with van der Waals surface area (Å²) >= 11 is 1.45. The van der Waals surface area contributed by atoms with E-state index in [0.717, 1.165) is 11.3 Å². The summed E-state index contributed by atoms with van der Waals surface area (Å²) in [5, 5.41) is 5.79. The maximum Gasteiger partial charge on any atom is 0.261 e. The summed E-state index contributed by atoms with van der Waals surface area (Å²) in [6, 6.07) is 15.2. The van der Waals surface area contributed by atoms with E-state index in [0.29, 0.717) is 16.5 Å². The molecular formula is C20H15FN4O2S2. The summed E-state index contributed by atoms with van der Waals surface area (Å²) in [5.41, 5.74) is 2.81. The van der Waals surface area contributed by atoms with Crippen molar-refractivity contribution in [2.45, 2.75) is 4.90 Å². The molecule has 29 heavy (non-hydrogen) atoms. The van der Waals surface area contributed by atoms with E-state index in [1.54, 1.807) is 24.5 Å². The normalized spacial score (nSPS) is 11.2. The minimum atomic E-state index is -3.77. The van der Waals surface area contributed by atoms with Crippen molar-refractivity contribution < 1.29 is 12.8 Å². The number of sulfonamides is 1. The molecule has 9 heteroatoms. The van der Waals surface area contributed by atoms with Gasteiger partial charge in [-0.2, -0.15) is 0 Å². The fourth-order valence-electron chi connectivity index (χ4n) is 2.56. The standard InChI is InChI=1S/C20H15FN4O2S2/c21-15-1-3-17(4-2-15)25-29(26,27)18-7-5-16(6-8-18)23-20-24-19(13-28-20)14-9-11-22-12-10-14/h1-13,25H,(H,23,24). The third-order valence-corrected chi connectivity index (χ3v) is 6.15. The summed E-state index contributed by atoms with van der Waals surface area (Å²) in [6.07, 6.45) is 3.42.